The van der Waals surface area contributed by atoms with Crippen molar-refractivity contribution in [1.29, 1.82) is 0 Å². The molecule has 0 bridgehead atoms. The maximum atomic E-state index is 11.6. The van der Waals surface area contributed by atoms with E-state index < -0.39 is 0 Å². The number of aromatic nitrogens is 2. The fourth-order valence-corrected chi connectivity index (χ4v) is 2.07. The van der Waals surface area contributed by atoms with Crippen LogP contribution in [0.15, 0.2) is 46.0 Å². The molecule has 2 aromatic rings. The van der Waals surface area contributed by atoms with E-state index >= 15 is 0 Å². The van der Waals surface area contributed by atoms with E-state index in [0.717, 1.165) is 5.69 Å². The van der Waals surface area contributed by atoms with E-state index in [1.807, 2.05) is 11.0 Å². The highest BCUT2D eigenvalue weighted by atomic mass is 16.3. The predicted molar refractivity (Wildman–Crippen MR) is 65.5 cm³/mol. The summed E-state index contributed by atoms with van der Waals surface area (Å²) in [6.07, 6.45) is 0. The Balaban J connectivity index is 2.03. The van der Waals surface area contributed by atoms with Gasteiger partial charge in [-0.25, -0.2) is 9.36 Å². The zero-order valence-electron chi connectivity index (χ0n) is 9.48. The molecule has 0 atom stereocenters. The number of nitrogens with zero attached hydrogens (tertiary/aromatic N) is 3. The minimum atomic E-state index is -0.211. The van der Waals surface area contributed by atoms with E-state index in [4.69, 9.17) is 0 Å². The third kappa shape index (κ3) is 1.58. The lowest BCUT2D eigenvalue weighted by Crippen LogP contribution is -2.32. The highest BCUT2D eigenvalue weighted by Gasteiger charge is 2.20. The summed E-state index contributed by atoms with van der Waals surface area (Å²) >= 11 is 0. The minimum Gasteiger partial charge on any atom is -0.508 e. The number of anilines is 1. The van der Waals surface area contributed by atoms with Crippen molar-refractivity contribution in [3.05, 3.63) is 57.1 Å². The SMILES string of the molecule is O=c1ccc(=O)n2n1CN(c1cccc(O)c1)C2. The normalized spacial score (nSPS) is 13.7. The standard InChI is InChI=1S/C12H11N3O3/c16-10-3-1-2-9(6-10)13-7-14-11(17)4-5-12(18)15(14)8-13/h1-6,16H,7-8H2. The molecule has 18 heavy (non-hydrogen) atoms. The van der Waals surface area contributed by atoms with E-state index in [-0.39, 0.29) is 16.9 Å². The topological polar surface area (TPSA) is 67.5 Å². The number of phenols is 1. The average Bonchev–Trinajstić information content (AvgIpc) is 2.80. The number of fused-ring (bicyclic) bond motifs is 1. The van der Waals surface area contributed by atoms with Gasteiger partial charge in [-0.1, -0.05) is 6.07 Å². The van der Waals surface area contributed by atoms with Gasteiger partial charge in [-0.2, -0.15) is 0 Å². The Bertz CT molecular complexity index is 678. The third-order valence-electron chi connectivity index (χ3n) is 2.97. The van der Waals surface area contributed by atoms with Gasteiger partial charge in [0.2, 0.25) is 0 Å². The van der Waals surface area contributed by atoms with Crippen LogP contribution in [0.25, 0.3) is 0 Å². The second-order valence-electron chi connectivity index (χ2n) is 4.15. The summed E-state index contributed by atoms with van der Waals surface area (Å²) in [6, 6.07) is 9.25. The smallest absolute Gasteiger partial charge is 0.267 e. The first kappa shape index (κ1) is 10.6. The Morgan fingerprint density at radius 1 is 0.944 bits per heavy atom. The van der Waals surface area contributed by atoms with E-state index in [1.165, 1.54) is 21.5 Å². The summed E-state index contributed by atoms with van der Waals surface area (Å²) in [6.45, 7) is 0.608. The minimum absolute atomic E-state index is 0.156. The van der Waals surface area contributed by atoms with Gasteiger partial charge in [-0.15, -0.1) is 0 Å². The molecule has 0 saturated heterocycles. The van der Waals surface area contributed by atoms with Crippen LogP contribution < -0.4 is 16.0 Å². The molecular formula is C12H11N3O3. The van der Waals surface area contributed by atoms with Crippen LogP contribution in [0, 0.1) is 0 Å². The van der Waals surface area contributed by atoms with Crippen molar-refractivity contribution in [1.82, 2.24) is 9.36 Å². The Kier molecular flexibility index (Phi) is 2.22. The van der Waals surface area contributed by atoms with Gasteiger partial charge in [-0.05, 0) is 12.1 Å². The number of hydrogen-bond donors (Lipinski definition) is 1. The largest absolute Gasteiger partial charge is 0.508 e. The molecule has 0 fully saturated rings. The molecule has 6 nitrogen and oxygen atoms in total. The van der Waals surface area contributed by atoms with Crippen molar-refractivity contribution in [2.45, 2.75) is 13.3 Å². The highest BCUT2D eigenvalue weighted by Crippen LogP contribution is 2.22. The zero-order valence-corrected chi connectivity index (χ0v) is 9.48. The van der Waals surface area contributed by atoms with Crippen LogP contribution >= 0.6 is 0 Å². The molecular weight excluding hydrogens is 234 g/mol. The van der Waals surface area contributed by atoms with Crippen molar-refractivity contribution in [3.63, 3.8) is 0 Å². The lowest BCUT2D eigenvalue weighted by molar-refractivity contribution is 0.475. The van der Waals surface area contributed by atoms with Crippen molar-refractivity contribution < 1.29 is 5.11 Å². The molecule has 6 heteroatoms. The average molecular weight is 245 g/mol. The summed E-state index contributed by atoms with van der Waals surface area (Å²) in [7, 11) is 0. The second-order valence-corrected chi connectivity index (χ2v) is 4.15. The molecule has 3 rings (SSSR count). The Labute approximate surface area is 102 Å². The van der Waals surface area contributed by atoms with Crippen LogP contribution in [0.1, 0.15) is 0 Å². The fraction of sp³-hybridized carbons (Fsp3) is 0.167. The molecule has 0 aliphatic carbocycles. The molecule has 1 aliphatic rings. The van der Waals surface area contributed by atoms with Crippen LogP contribution in [0.2, 0.25) is 0 Å². The summed E-state index contributed by atoms with van der Waals surface area (Å²) in [4.78, 5) is 25.1. The number of hydrogen-bond acceptors (Lipinski definition) is 4. The van der Waals surface area contributed by atoms with Crippen molar-refractivity contribution in [3.8, 4) is 5.75 Å². The molecule has 0 saturated carbocycles. The molecule has 1 N–H and O–H groups in total. The number of rotatable bonds is 1. The molecule has 2 heterocycles. The number of phenolic OH excluding ortho intramolecular Hbond substituents is 1. The van der Waals surface area contributed by atoms with Gasteiger partial charge >= 0.3 is 0 Å². The molecule has 1 aromatic heterocycles. The Hall–Kier alpha value is -2.50. The first-order valence-corrected chi connectivity index (χ1v) is 5.50. The van der Waals surface area contributed by atoms with E-state index in [0.29, 0.717) is 13.3 Å². The summed E-state index contributed by atoms with van der Waals surface area (Å²) in [5.41, 5.74) is 0.347. The van der Waals surface area contributed by atoms with Gasteiger partial charge in [0.25, 0.3) is 11.1 Å². The van der Waals surface area contributed by atoms with Crippen molar-refractivity contribution in [2.75, 3.05) is 4.90 Å². The fourth-order valence-electron chi connectivity index (χ4n) is 2.07. The van der Waals surface area contributed by atoms with Crippen molar-refractivity contribution >= 4 is 5.69 Å². The lowest BCUT2D eigenvalue weighted by Gasteiger charge is -2.15. The zero-order chi connectivity index (χ0) is 12.7. The van der Waals surface area contributed by atoms with Gasteiger partial charge in [0, 0.05) is 23.9 Å². The summed E-state index contributed by atoms with van der Waals surface area (Å²) < 4.78 is 2.76. The molecule has 0 amide bonds. The Morgan fingerprint density at radius 2 is 1.56 bits per heavy atom. The van der Waals surface area contributed by atoms with E-state index in [2.05, 4.69) is 0 Å². The third-order valence-corrected chi connectivity index (χ3v) is 2.97. The van der Waals surface area contributed by atoms with Gasteiger partial charge in [0.05, 0.1) is 0 Å². The van der Waals surface area contributed by atoms with E-state index in [9.17, 15) is 14.7 Å². The number of aromatic hydroxyl groups is 1. The second kappa shape index (κ2) is 3.76. The molecule has 1 aliphatic heterocycles. The molecule has 1 aromatic carbocycles. The number of benzene rings is 1. The highest BCUT2D eigenvalue weighted by molar-refractivity contribution is 5.49. The molecule has 0 spiro atoms. The van der Waals surface area contributed by atoms with Crippen LogP contribution in [0.4, 0.5) is 5.69 Å². The Morgan fingerprint density at radius 3 is 2.11 bits per heavy atom. The molecule has 0 unspecified atom stereocenters. The van der Waals surface area contributed by atoms with Crippen LogP contribution in [-0.4, -0.2) is 14.5 Å². The van der Waals surface area contributed by atoms with Crippen LogP contribution in [-0.2, 0) is 13.3 Å². The van der Waals surface area contributed by atoms with Crippen LogP contribution in [0.3, 0.4) is 0 Å². The lowest BCUT2D eigenvalue weighted by atomic mass is 10.3. The van der Waals surface area contributed by atoms with Gasteiger partial charge in [0.15, 0.2) is 0 Å². The maximum Gasteiger partial charge on any atom is 0.267 e. The molecule has 92 valence electrons. The first-order valence-electron chi connectivity index (χ1n) is 5.50. The van der Waals surface area contributed by atoms with Gasteiger partial charge in [-0.3, -0.25) is 9.59 Å². The first-order chi connectivity index (χ1) is 8.65. The van der Waals surface area contributed by atoms with Crippen LogP contribution in [0.5, 0.6) is 5.75 Å². The van der Waals surface area contributed by atoms with Crippen molar-refractivity contribution in [2.24, 2.45) is 0 Å². The quantitative estimate of drug-likeness (QED) is 0.776. The predicted octanol–water partition coefficient (Wildman–Crippen LogP) is 0.151. The van der Waals surface area contributed by atoms with Gasteiger partial charge in [0.1, 0.15) is 19.1 Å². The summed E-state index contributed by atoms with van der Waals surface area (Å²) in [5.74, 6) is 0.156. The molecule has 0 radical (unpaired) electrons. The van der Waals surface area contributed by atoms with Gasteiger partial charge < -0.3 is 10.0 Å². The summed E-state index contributed by atoms with van der Waals surface area (Å²) in [5, 5.41) is 9.44. The monoisotopic (exact) mass is 245 g/mol. The van der Waals surface area contributed by atoms with E-state index in [1.54, 1.807) is 18.2 Å². The maximum absolute atomic E-state index is 11.6.